The third-order valence-electron chi connectivity index (χ3n) is 5.61. The van der Waals surface area contributed by atoms with Crippen molar-refractivity contribution in [2.24, 2.45) is 5.92 Å². The van der Waals surface area contributed by atoms with Crippen molar-refractivity contribution in [1.82, 2.24) is 10.2 Å². The summed E-state index contributed by atoms with van der Waals surface area (Å²) in [5.74, 6) is 0.926. The molecule has 2 aliphatic rings. The fourth-order valence-electron chi connectivity index (χ4n) is 4.13. The molecular formula is C19H30N2. The van der Waals surface area contributed by atoms with E-state index in [0.29, 0.717) is 5.54 Å². The monoisotopic (exact) mass is 286 g/mol. The first-order valence-electron chi connectivity index (χ1n) is 8.78. The Bertz CT molecular complexity index is 414. The molecule has 116 valence electrons. The summed E-state index contributed by atoms with van der Waals surface area (Å²) in [5, 5.41) is 3.76. The van der Waals surface area contributed by atoms with Crippen LogP contribution in [0.3, 0.4) is 0 Å². The number of rotatable bonds is 5. The maximum atomic E-state index is 3.76. The minimum Gasteiger partial charge on any atom is -0.311 e. The number of likely N-dealkylation sites (tertiary alicyclic amines) is 1. The van der Waals surface area contributed by atoms with E-state index in [1.807, 2.05) is 0 Å². The highest BCUT2D eigenvalue weighted by Gasteiger charge is 2.39. The first-order valence-corrected chi connectivity index (χ1v) is 8.78. The van der Waals surface area contributed by atoms with E-state index >= 15 is 0 Å². The van der Waals surface area contributed by atoms with Gasteiger partial charge in [-0.1, -0.05) is 37.3 Å². The molecular weight excluding hydrogens is 256 g/mol. The van der Waals surface area contributed by atoms with Crippen LogP contribution in [0.15, 0.2) is 30.3 Å². The summed E-state index contributed by atoms with van der Waals surface area (Å²) in [5.41, 5.74) is 1.84. The van der Waals surface area contributed by atoms with Crippen LogP contribution < -0.4 is 5.32 Å². The molecule has 1 N–H and O–H groups in total. The standard InChI is InChI=1S/C19H30N2/c1-17-9-11-19(12-10-17,21-13-5-6-14-21)16-20-15-18-7-3-2-4-8-18/h2-4,7-8,17,20H,5-6,9-16H2,1H3. The van der Waals surface area contributed by atoms with E-state index in [9.17, 15) is 0 Å². The first-order chi connectivity index (χ1) is 10.3. The average Bonchev–Trinajstić information content (AvgIpc) is 3.06. The molecule has 21 heavy (non-hydrogen) atoms. The number of nitrogens with one attached hydrogen (secondary N) is 1. The lowest BCUT2D eigenvalue weighted by atomic mass is 9.76. The zero-order chi connectivity index (χ0) is 14.5. The number of hydrogen-bond acceptors (Lipinski definition) is 2. The molecule has 3 rings (SSSR count). The maximum Gasteiger partial charge on any atom is 0.0334 e. The molecule has 0 bridgehead atoms. The molecule has 1 aliphatic heterocycles. The molecule has 1 saturated heterocycles. The van der Waals surface area contributed by atoms with Gasteiger partial charge < -0.3 is 5.32 Å². The van der Waals surface area contributed by atoms with Gasteiger partial charge in [0.15, 0.2) is 0 Å². The van der Waals surface area contributed by atoms with Gasteiger partial charge in [0.25, 0.3) is 0 Å². The van der Waals surface area contributed by atoms with E-state index < -0.39 is 0 Å². The Morgan fingerprint density at radius 1 is 1.10 bits per heavy atom. The molecule has 1 heterocycles. The Labute approximate surface area is 129 Å². The second-order valence-corrected chi connectivity index (χ2v) is 7.19. The second-order valence-electron chi connectivity index (χ2n) is 7.19. The maximum absolute atomic E-state index is 3.76. The number of benzene rings is 1. The van der Waals surface area contributed by atoms with Gasteiger partial charge in [0, 0.05) is 18.6 Å². The SMILES string of the molecule is CC1CCC(CNCc2ccccc2)(N2CCCC2)CC1. The van der Waals surface area contributed by atoms with Crippen LogP contribution in [0.1, 0.15) is 51.0 Å². The highest BCUT2D eigenvalue weighted by molar-refractivity contribution is 5.14. The molecule has 1 aliphatic carbocycles. The molecule has 2 heteroatoms. The summed E-state index contributed by atoms with van der Waals surface area (Å²) in [6, 6.07) is 10.8. The molecule has 2 fully saturated rings. The molecule has 1 aromatic rings. The Hall–Kier alpha value is -0.860. The predicted octanol–water partition coefficient (Wildman–Crippen LogP) is 3.82. The van der Waals surface area contributed by atoms with Gasteiger partial charge in [0.2, 0.25) is 0 Å². The minimum absolute atomic E-state index is 0.442. The van der Waals surface area contributed by atoms with Crippen LogP contribution in [-0.4, -0.2) is 30.1 Å². The van der Waals surface area contributed by atoms with Gasteiger partial charge in [-0.05, 0) is 63.1 Å². The molecule has 2 nitrogen and oxygen atoms in total. The third kappa shape index (κ3) is 3.67. The Kier molecular flexibility index (Phi) is 4.97. The largest absolute Gasteiger partial charge is 0.311 e. The second kappa shape index (κ2) is 6.93. The van der Waals surface area contributed by atoms with E-state index in [0.717, 1.165) is 19.0 Å². The Morgan fingerprint density at radius 3 is 2.43 bits per heavy atom. The highest BCUT2D eigenvalue weighted by Crippen LogP contribution is 2.37. The van der Waals surface area contributed by atoms with Gasteiger partial charge in [0.05, 0.1) is 0 Å². The summed E-state index contributed by atoms with van der Waals surface area (Å²) in [7, 11) is 0. The quantitative estimate of drug-likeness (QED) is 0.885. The van der Waals surface area contributed by atoms with E-state index in [-0.39, 0.29) is 0 Å². The predicted molar refractivity (Wildman–Crippen MR) is 89.3 cm³/mol. The van der Waals surface area contributed by atoms with Crippen LogP contribution in [0.4, 0.5) is 0 Å². The summed E-state index contributed by atoms with van der Waals surface area (Å²) in [6.45, 7) is 7.23. The topological polar surface area (TPSA) is 15.3 Å². The summed E-state index contributed by atoms with van der Waals surface area (Å²) in [4.78, 5) is 2.80. The van der Waals surface area contributed by atoms with Crippen LogP contribution in [0, 0.1) is 5.92 Å². The summed E-state index contributed by atoms with van der Waals surface area (Å²) < 4.78 is 0. The molecule has 0 amide bonds. The lowest BCUT2D eigenvalue weighted by Crippen LogP contribution is -2.55. The Morgan fingerprint density at radius 2 is 1.76 bits per heavy atom. The minimum atomic E-state index is 0.442. The lowest BCUT2D eigenvalue weighted by Gasteiger charge is -2.46. The van der Waals surface area contributed by atoms with Crippen LogP contribution in [0.2, 0.25) is 0 Å². The smallest absolute Gasteiger partial charge is 0.0334 e. The fourth-order valence-corrected chi connectivity index (χ4v) is 4.13. The van der Waals surface area contributed by atoms with E-state index in [4.69, 9.17) is 0 Å². The highest BCUT2D eigenvalue weighted by atomic mass is 15.2. The first kappa shape index (κ1) is 15.1. The molecule has 0 aromatic heterocycles. The van der Waals surface area contributed by atoms with Gasteiger partial charge >= 0.3 is 0 Å². The third-order valence-corrected chi connectivity index (χ3v) is 5.61. The van der Waals surface area contributed by atoms with Gasteiger partial charge in [0.1, 0.15) is 0 Å². The van der Waals surface area contributed by atoms with Crippen LogP contribution >= 0.6 is 0 Å². The van der Waals surface area contributed by atoms with Crippen molar-refractivity contribution in [2.45, 2.75) is 57.5 Å². The summed E-state index contributed by atoms with van der Waals surface area (Å²) >= 11 is 0. The van der Waals surface area contributed by atoms with Crippen LogP contribution in [0.5, 0.6) is 0 Å². The van der Waals surface area contributed by atoms with Crippen molar-refractivity contribution in [3.63, 3.8) is 0 Å². The van der Waals surface area contributed by atoms with Crippen molar-refractivity contribution in [3.8, 4) is 0 Å². The number of nitrogens with zero attached hydrogens (tertiary/aromatic N) is 1. The van der Waals surface area contributed by atoms with Gasteiger partial charge in [-0.15, -0.1) is 0 Å². The normalized spacial score (nSPS) is 30.6. The van der Waals surface area contributed by atoms with Crippen molar-refractivity contribution in [3.05, 3.63) is 35.9 Å². The molecule has 1 saturated carbocycles. The van der Waals surface area contributed by atoms with E-state index in [1.165, 1.54) is 57.2 Å². The van der Waals surface area contributed by atoms with Gasteiger partial charge in [-0.25, -0.2) is 0 Å². The molecule has 0 spiro atoms. The van der Waals surface area contributed by atoms with E-state index in [1.54, 1.807) is 0 Å². The average molecular weight is 286 g/mol. The number of hydrogen-bond donors (Lipinski definition) is 1. The van der Waals surface area contributed by atoms with Gasteiger partial charge in [-0.2, -0.15) is 0 Å². The zero-order valence-electron chi connectivity index (χ0n) is 13.5. The molecule has 0 radical (unpaired) electrons. The van der Waals surface area contributed by atoms with Crippen molar-refractivity contribution in [1.29, 1.82) is 0 Å². The molecule has 0 atom stereocenters. The van der Waals surface area contributed by atoms with Gasteiger partial charge in [-0.3, -0.25) is 4.90 Å². The van der Waals surface area contributed by atoms with Crippen LogP contribution in [0.25, 0.3) is 0 Å². The zero-order valence-corrected chi connectivity index (χ0v) is 13.5. The van der Waals surface area contributed by atoms with Crippen molar-refractivity contribution >= 4 is 0 Å². The van der Waals surface area contributed by atoms with Crippen molar-refractivity contribution in [2.75, 3.05) is 19.6 Å². The Balaban J connectivity index is 1.59. The fraction of sp³-hybridized carbons (Fsp3) is 0.684. The van der Waals surface area contributed by atoms with Crippen LogP contribution in [-0.2, 0) is 6.54 Å². The lowest BCUT2D eigenvalue weighted by molar-refractivity contribution is 0.0578. The molecule has 0 unspecified atom stereocenters. The van der Waals surface area contributed by atoms with E-state index in [2.05, 4.69) is 47.5 Å². The summed E-state index contributed by atoms with van der Waals surface area (Å²) in [6.07, 6.45) is 8.38. The molecule has 1 aromatic carbocycles. The van der Waals surface area contributed by atoms with Crippen molar-refractivity contribution < 1.29 is 0 Å².